The first-order valence-corrected chi connectivity index (χ1v) is 7.21. The monoisotopic (exact) mass is 356 g/mol. The highest BCUT2D eigenvalue weighted by Gasteiger charge is 2.26. The number of nitrogens with zero attached hydrogens (tertiary/aromatic N) is 1. The van der Waals surface area contributed by atoms with E-state index in [4.69, 9.17) is 19.3 Å². The summed E-state index contributed by atoms with van der Waals surface area (Å²) in [4.78, 5) is 33.3. The van der Waals surface area contributed by atoms with Gasteiger partial charge in [0.1, 0.15) is 18.0 Å². The average Bonchev–Trinajstić information content (AvgIpc) is 2.48. The largest absolute Gasteiger partial charge is 0.497 e. The van der Waals surface area contributed by atoms with E-state index in [0.29, 0.717) is 5.75 Å². The molecule has 1 atom stereocenters. The first-order chi connectivity index (χ1) is 11.5. The Morgan fingerprint density at radius 1 is 1.36 bits per heavy atom. The molecule has 0 aromatic heterocycles. The Kier molecular flexibility index (Phi) is 6.54. The molecule has 138 valence electrons. The molecule has 0 aliphatic carbocycles. The maximum atomic E-state index is 11.7. The quantitative estimate of drug-likeness (QED) is 0.558. The van der Waals surface area contributed by atoms with E-state index in [2.05, 4.69) is 5.32 Å². The third-order valence-electron chi connectivity index (χ3n) is 2.76. The predicted octanol–water partition coefficient (Wildman–Crippen LogP) is 1.96. The van der Waals surface area contributed by atoms with Crippen molar-refractivity contribution >= 4 is 17.7 Å². The Morgan fingerprint density at radius 2 is 2.00 bits per heavy atom. The molecule has 1 unspecified atom stereocenters. The maximum absolute atomic E-state index is 11.7. The molecular weight excluding hydrogens is 336 g/mol. The van der Waals surface area contributed by atoms with Crippen LogP contribution in [0.25, 0.3) is 0 Å². The van der Waals surface area contributed by atoms with Crippen LogP contribution in [-0.4, -0.2) is 47.5 Å². The third kappa shape index (κ3) is 6.53. The number of carboxylic acids is 1. The van der Waals surface area contributed by atoms with Gasteiger partial charge in [0.05, 0.1) is 12.0 Å². The zero-order valence-corrected chi connectivity index (χ0v) is 14.3. The van der Waals surface area contributed by atoms with E-state index in [1.54, 1.807) is 20.8 Å². The molecule has 1 rings (SSSR count). The molecule has 2 N–H and O–H groups in total. The van der Waals surface area contributed by atoms with Crippen molar-refractivity contribution in [3.8, 4) is 11.5 Å². The first kappa shape index (κ1) is 20.0. The standard InChI is InChI=1S/C15H20N2O8/c1-15(2,3)25-14(20)16-10(13(18)19)8-24-12-7-9(23-4)5-6-11(12)17(21)22/h5-7,10H,8H2,1-4H3,(H,16,20)(H,18,19). The van der Waals surface area contributed by atoms with Crippen LogP contribution >= 0.6 is 0 Å². The number of carbonyl (C=O) groups is 2. The van der Waals surface area contributed by atoms with Crippen LogP contribution in [0.5, 0.6) is 11.5 Å². The number of hydrogen-bond donors (Lipinski definition) is 2. The van der Waals surface area contributed by atoms with E-state index < -0.39 is 35.2 Å². The highest BCUT2D eigenvalue weighted by molar-refractivity contribution is 5.80. The molecule has 25 heavy (non-hydrogen) atoms. The number of carboxylic acid groups (broad SMARTS) is 1. The molecule has 1 amide bonds. The van der Waals surface area contributed by atoms with Gasteiger partial charge in [-0.1, -0.05) is 0 Å². The van der Waals surface area contributed by atoms with Gasteiger partial charge >= 0.3 is 17.7 Å². The van der Waals surface area contributed by atoms with Gasteiger partial charge in [0.15, 0.2) is 6.04 Å². The molecule has 10 nitrogen and oxygen atoms in total. The summed E-state index contributed by atoms with van der Waals surface area (Å²) in [6.07, 6.45) is -0.941. The summed E-state index contributed by atoms with van der Waals surface area (Å²) in [5.41, 5.74) is -1.17. The zero-order chi connectivity index (χ0) is 19.2. The van der Waals surface area contributed by atoms with Gasteiger partial charge in [-0.05, 0) is 26.8 Å². The molecule has 10 heteroatoms. The van der Waals surface area contributed by atoms with Crippen LogP contribution in [0.3, 0.4) is 0 Å². The fourth-order valence-electron chi connectivity index (χ4n) is 1.69. The summed E-state index contributed by atoms with van der Waals surface area (Å²) >= 11 is 0. The van der Waals surface area contributed by atoms with Crippen LogP contribution in [0.15, 0.2) is 18.2 Å². The smallest absolute Gasteiger partial charge is 0.408 e. The number of methoxy groups -OCH3 is 1. The summed E-state index contributed by atoms with van der Waals surface area (Å²) in [7, 11) is 1.37. The normalized spacial score (nSPS) is 12.0. The topological polar surface area (TPSA) is 137 Å². The highest BCUT2D eigenvalue weighted by atomic mass is 16.6. The minimum absolute atomic E-state index is 0.179. The van der Waals surface area contributed by atoms with Gasteiger partial charge in [-0.3, -0.25) is 10.1 Å². The van der Waals surface area contributed by atoms with E-state index >= 15 is 0 Å². The number of rotatable bonds is 7. The van der Waals surface area contributed by atoms with Gasteiger partial charge in [-0.2, -0.15) is 0 Å². The van der Waals surface area contributed by atoms with Gasteiger partial charge in [0.25, 0.3) is 0 Å². The van der Waals surface area contributed by atoms with Crippen LogP contribution in [0, 0.1) is 10.1 Å². The minimum Gasteiger partial charge on any atom is -0.497 e. The number of nitro groups is 1. The molecule has 0 saturated heterocycles. The summed E-state index contributed by atoms with van der Waals surface area (Å²) in [5.74, 6) is -1.26. The fraction of sp³-hybridized carbons (Fsp3) is 0.467. The second kappa shape index (κ2) is 8.18. The van der Waals surface area contributed by atoms with Crippen molar-refractivity contribution in [3.63, 3.8) is 0 Å². The molecule has 0 spiro atoms. The molecule has 0 heterocycles. The van der Waals surface area contributed by atoms with Crippen molar-refractivity contribution in [2.24, 2.45) is 0 Å². The molecule has 0 bridgehead atoms. The molecular formula is C15H20N2O8. The van der Waals surface area contributed by atoms with Crippen LogP contribution in [0.1, 0.15) is 20.8 Å². The molecule has 0 aliphatic rings. The average molecular weight is 356 g/mol. The minimum atomic E-state index is -1.46. The second-order valence-electron chi connectivity index (χ2n) is 5.94. The lowest BCUT2D eigenvalue weighted by molar-refractivity contribution is -0.385. The van der Waals surface area contributed by atoms with Crippen LogP contribution in [-0.2, 0) is 9.53 Å². The van der Waals surface area contributed by atoms with E-state index in [1.165, 1.54) is 25.3 Å². The molecule has 0 fully saturated rings. The number of nitrogens with one attached hydrogen (secondary N) is 1. The number of benzene rings is 1. The summed E-state index contributed by atoms with van der Waals surface area (Å²) in [5, 5.41) is 22.3. The Morgan fingerprint density at radius 3 is 2.48 bits per heavy atom. The fourth-order valence-corrected chi connectivity index (χ4v) is 1.69. The molecule has 0 radical (unpaired) electrons. The lowest BCUT2D eigenvalue weighted by Gasteiger charge is -2.22. The number of nitro benzene ring substituents is 1. The Hall–Kier alpha value is -3.04. The highest BCUT2D eigenvalue weighted by Crippen LogP contribution is 2.31. The predicted molar refractivity (Wildman–Crippen MR) is 85.9 cm³/mol. The van der Waals surface area contributed by atoms with Crippen molar-refractivity contribution in [3.05, 3.63) is 28.3 Å². The van der Waals surface area contributed by atoms with Crippen LogP contribution in [0.4, 0.5) is 10.5 Å². The van der Waals surface area contributed by atoms with Gasteiger partial charge in [0, 0.05) is 12.1 Å². The van der Waals surface area contributed by atoms with E-state index in [0.717, 1.165) is 0 Å². The van der Waals surface area contributed by atoms with E-state index in [-0.39, 0.29) is 11.4 Å². The molecule has 0 aliphatic heterocycles. The van der Waals surface area contributed by atoms with E-state index in [1.807, 2.05) is 0 Å². The number of alkyl carbamates (subject to hydrolysis) is 1. The number of carbonyl (C=O) groups excluding carboxylic acids is 1. The SMILES string of the molecule is COc1ccc([N+](=O)[O-])c(OCC(NC(=O)OC(C)(C)C)C(=O)O)c1. The Bertz CT molecular complexity index is 653. The number of hydrogen-bond acceptors (Lipinski definition) is 7. The van der Waals surface area contributed by atoms with Gasteiger partial charge in [-0.15, -0.1) is 0 Å². The summed E-state index contributed by atoms with van der Waals surface area (Å²) in [6, 6.07) is 2.34. The van der Waals surface area contributed by atoms with Crippen molar-refractivity contribution in [2.45, 2.75) is 32.4 Å². The first-order valence-electron chi connectivity index (χ1n) is 7.21. The zero-order valence-electron chi connectivity index (χ0n) is 14.3. The number of ether oxygens (including phenoxy) is 3. The Balaban J connectivity index is 2.86. The van der Waals surface area contributed by atoms with Gasteiger partial charge in [-0.25, -0.2) is 9.59 Å². The van der Waals surface area contributed by atoms with Crippen LogP contribution < -0.4 is 14.8 Å². The molecule has 1 aromatic carbocycles. The van der Waals surface area contributed by atoms with Gasteiger partial charge < -0.3 is 24.6 Å². The van der Waals surface area contributed by atoms with Crippen molar-refractivity contribution in [2.75, 3.05) is 13.7 Å². The summed E-state index contributed by atoms with van der Waals surface area (Å²) in [6.45, 7) is 4.33. The van der Waals surface area contributed by atoms with Crippen molar-refractivity contribution < 1.29 is 33.8 Å². The van der Waals surface area contributed by atoms with Crippen molar-refractivity contribution in [1.29, 1.82) is 0 Å². The number of aliphatic carboxylic acids is 1. The lowest BCUT2D eigenvalue weighted by atomic mass is 10.2. The second-order valence-corrected chi connectivity index (χ2v) is 5.94. The Labute approximate surface area is 143 Å². The maximum Gasteiger partial charge on any atom is 0.408 e. The number of amides is 1. The molecule has 1 aromatic rings. The van der Waals surface area contributed by atoms with Crippen molar-refractivity contribution in [1.82, 2.24) is 5.32 Å². The molecule has 0 saturated carbocycles. The lowest BCUT2D eigenvalue weighted by Crippen LogP contribution is -2.46. The third-order valence-corrected chi connectivity index (χ3v) is 2.76. The van der Waals surface area contributed by atoms with Crippen LogP contribution in [0.2, 0.25) is 0 Å². The van der Waals surface area contributed by atoms with E-state index in [9.17, 15) is 19.7 Å². The summed E-state index contributed by atoms with van der Waals surface area (Å²) < 4.78 is 15.1. The van der Waals surface area contributed by atoms with Gasteiger partial charge in [0.2, 0.25) is 5.75 Å².